The Kier molecular flexibility index (Phi) is 3.96. The molecule has 3 aromatic rings. The van der Waals surface area contributed by atoms with Crippen molar-refractivity contribution in [1.29, 1.82) is 0 Å². The zero-order valence-electron chi connectivity index (χ0n) is 11.0. The van der Waals surface area contributed by atoms with Gasteiger partial charge in [-0.05, 0) is 18.2 Å². The lowest BCUT2D eigenvalue weighted by atomic mass is 10.2. The number of hydrogen-bond acceptors (Lipinski definition) is 4. The Morgan fingerprint density at radius 2 is 2.09 bits per heavy atom. The van der Waals surface area contributed by atoms with E-state index < -0.39 is 11.7 Å². The van der Waals surface area contributed by atoms with E-state index in [-0.39, 0.29) is 5.56 Å². The number of halogens is 3. The van der Waals surface area contributed by atoms with Crippen molar-refractivity contribution in [2.45, 2.75) is 16.8 Å². The van der Waals surface area contributed by atoms with Crippen LogP contribution in [-0.4, -0.2) is 9.38 Å². The summed E-state index contributed by atoms with van der Waals surface area (Å²) in [6, 6.07) is 6.51. The van der Waals surface area contributed by atoms with Gasteiger partial charge in [0.1, 0.15) is 0 Å². The van der Waals surface area contributed by atoms with Gasteiger partial charge < -0.3 is 0 Å². The van der Waals surface area contributed by atoms with E-state index in [0.29, 0.717) is 21.3 Å². The van der Waals surface area contributed by atoms with Gasteiger partial charge in [-0.15, -0.1) is 23.1 Å². The Morgan fingerprint density at radius 1 is 1.27 bits per heavy atom. The summed E-state index contributed by atoms with van der Waals surface area (Å²) in [6.07, 6.45) is -2.72. The average Bonchev–Trinajstić information content (AvgIpc) is 2.93. The molecule has 0 spiro atoms. The van der Waals surface area contributed by atoms with Gasteiger partial charge in [-0.3, -0.25) is 9.20 Å². The molecule has 1 aromatic carbocycles. The molecule has 0 atom stereocenters. The molecule has 3 nitrogen and oxygen atoms in total. The summed E-state index contributed by atoms with van der Waals surface area (Å²) in [5.41, 5.74) is -0.319. The number of nitrogens with zero attached hydrogens (tertiary/aromatic N) is 2. The van der Waals surface area contributed by atoms with Crippen LogP contribution in [0.3, 0.4) is 0 Å². The fourth-order valence-electron chi connectivity index (χ4n) is 1.88. The maximum absolute atomic E-state index is 12.7. The van der Waals surface area contributed by atoms with Crippen molar-refractivity contribution in [2.24, 2.45) is 0 Å². The van der Waals surface area contributed by atoms with E-state index in [1.54, 1.807) is 17.6 Å². The van der Waals surface area contributed by atoms with E-state index in [9.17, 15) is 18.0 Å². The first-order valence-corrected chi connectivity index (χ1v) is 8.06. The largest absolute Gasteiger partial charge is 0.416 e. The fourth-order valence-corrected chi connectivity index (χ4v) is 3.47. The highest BCUT2D eigenvalue weighted by molar-refractivity contribution is 7.98. The highest BCUT2D eigenvalue weighted by Crippen LogP contribution is 2.32. The van der Waals surface area contributed by atoms with Crippen LogP contribution < -0.4 is 5.56 Å². The lowest BCUT2D eigenvalue weighted by Gasteiger charge is -2.08. The predicted octanol–water partition coefficient (Wildman–Crippen LogP) is 4.07. The Morgan fingerprint density at radius 3 is 2.86 bits per heavy atom. The smallest absolute Gasteiger partial charge is 0.269 e. The number of aromatic nitrogens is 2. The van der Waals surface area contributed by atoms with Crippen LogP contribution in [0.1, 0.15) is 11.3 Å². The molecular weight excluding hydrogens is 333 g/mol. The molecule has 0 amide bonds. The van der Waals surface area contributed by atoms with E-state index in [4.69, 9.17) is 0 Å². The summed E-state index contributed by atoms with van der Waals surface area (Å²) in [5, 5.41) is 1.76. The molecule has 0 saturated heterocycles. The van der Waals surface area contributed by atoms with Crippen LogP contribution in [0.15, 0.2) is 51.6 Å². The molecule has 0 radical (unpaired) electrons. The minimum absolute atomic E-state index is 0.189. The standard InChI is InChI=1S/C14H9F3N2OS2/c15-14(16,17)9-2-1-3-11(6-9)22-8-10-7-12(20)19-4-5-21-13(19)18-10/h1-7H,8H2. The summed E-state index contributed by atoms with van der Waals surface area (Å²) in [7, 11) is 0. The number of thiazole rings is 1. The van der Waals surface area contributed by atoms with Gasteiger partial charge >= 0.3 is 6.18 Å². The van der Waals surface area contributed by atoms with E-state index in [0.717, 1.165) is 12.1 Å². The first kappa shape index (κ1) is 15.1. The monoisotopic (exact) mass is 342 g/mol. The normalized spacial score (nSPS) is 12.0. The topological polar surface area (TPSA) is 34.4 Å². The summed E-state index contributed by atoms with van der Waals surface area (Å²) in [6.45, 7) is 0. The predicted molar refractivity (Wildman–Crippen MR) is 80.3 cm³/mol. The molecule has 8 heteroatoms. The quantitative estimate of drug-likeness (QED) is 0.673. The first-order chi connectivity index (χ1) is 10.4. The highest BCUT2D eigenvalue weighted by Gasteiger charge is 2.30. The molecule has 2 heterocycles. The molecule has 3 rings (SSSR count). The van der Waals surface area contributed by atoms with Crippen LogP contribution in [0.4, 0.5) is 13.2 Å². The molecule has 0 N–H and O–H groups in total. The molecule has 2 aromatic heterocycles. The van der Waals surface area contributed by atoms with Gasteiger partial charge in [0.2, 0.25) is 0 Å². The van der Waals surface area contributed by atoms with Crippen LogP contribution in [0.5, 0.6) is 0 Å². The molecule has 114 valence electrons. The molecule has 0 unspecified atom stereocenters. The molecule has 22 heavy (non-hydrogen) atoms. The maximum Gasteiger partial charge on any atom is 0.416 e. The third-order valence-corrected chi connectivity index (χ3v) is 4.69. The highest BCUT2D eigenvalue weighted by atomic mass is 32.2. The molecule has 0 aliphatic carbocycles. The second kappa shape index (κ2) is 5.77. The zero-order valence-corrected chi connectivity index (χ0v) is 12.6. The van der Waals surface area contributed by atoms with Crippen molar-refractivity contribution in [3.63, 3.8) is 0 Å². The Hall–Kier alpha value is -1.80. The number of alkyl halides is 3. The van der Waals surface area contributed by atoms with Gasteiger partial charge in [0.05, 0.1) is 11.3 Å². The van der Waals surface area contributed by atoms with Gasteiger partial charge in [-0.25, -0.2) is 4.98 Å². The maximum atomic E-state index is 12.7. The number of hydrogen-bond donors (Lipinski definition) is 0. The fraction of sp³-hybridized carbons (Fsp3) is 0.143. The molecule has 0 aliphatic rings. The summed E-state index contributed by atoms with van der Waals surface area (Å²) < 4.78 is 39.4. The van der Waals surface area contributed by atoms with Gasteiger partial charge in [0.15, 0.2) is 4.96 Å². The Labute approximate surface area is 131 Å². The van der Waals surface area contributed by atoms with Gasteiger partial charge in [-0.1, -0.05) is 6.07 Å². The minimum atomic E-state index is -4.36. The van der Waals surface area contributed by atoms with Crippen molar-refractivity contribution in [1.82, 2.24) is 9.38 Å². The van der Waals surface area contributed by atoms with Crippen molar-refractivity contribution >= 4 is 28.1 Å². The van der Waals surface area contributed by atoms with Crippen molar-refractivity contribution in [3.8, 4) is 0 Å². The SMILES string of the molecule is O=c1cc(CSc2cccc(C(F)(F)F)c2)nc2sccn12. The number of fused-ring (bicyclic) bond motifs is 1. The summed E-state index contributed by atoms with van der Waals surface area (Å²) >= 11 is 2.55. The lowest BCUT2D eigenvalue weighted by Crippen LogP contribution is -2.12. The van der Waals surface area contributed by atoms with Gasteiger partial charge in [-0.2, -0.15) is 13.2 Å². The minimum Gasteiger partial charge on any atom is -0.269 e. The van der Waals surface area contributed by atoms with E-state index in [1.165, 1.54) is 39.6 Å². The van der Waals surface area contributed by atoms with Crippen molar-refractivity contribution in [2.75, 3.05) is 0 Å². The molecule has 0 saturated carbocycles. The second-order valence-electron chi connectivity index (χ2n) is 4.46. The van der Waals surface area contributed by atoms with Crippen molar-refractivity contribution in [3.05, 3.63) is 63.5 Å². The van der Waals surface area contributed by atoms with E-state index >= 15 is 0 Å². The van der Waals surface area contributed by atoms with Crippen molar-refractivity contribution < 1.29 is 13.2 Å². The molecule has 0 fully saturated rings. The average molecular weight is 342 g/mol. The molecular formula is C14H9F3N2OS2. The van der Waals surface area contributed by atoms with Gasteiger partial charge in [0, 0.05) is 28.3 Å². The Bertz CT molecular complexity index is 870. The molecule has 0 aliphatic heterocycles. The summed E-state index contributed by atoms with van der Waals surface area (Å²) in [4.78, 5) is 17.2. The van der Waals surface area contributed by atoms with Crippen LogP contribution in [0, 0.1) is 0 Å². The number of benzene rings is 1. The lowest BCUT2D eigenvalue weighted by molar-refractivity contribution is -0.137. The van der Waals surface area contributed by atoms with Gasteiger partial charge in [0.25, 0.3) is 5.56 Å². The number of thioether (sulfide) groups is 1. The zero-order chi connectivity index (χ0) is 15.7. The summed E-state index contributed by atoms with van der Waals surface area (Å²) in [5.74, 6) is 0.338. The van der Waals surface area contributed by atoms with Crippen LogP contribution in [-0.2, 0) is 11.9 Å². The third-order valence-electron chi connectivity index (χ3n) is 2.90. The molecule has 0 bridgehead atoms. The van der Waals surface area contributed by atoms with E-state index in [1.807, 2.05) is 0 Å². The van der Waals surface area contributed by atoms with Crippen LogP contribution >= 0.6 is 23.1 Å². The van der Waals surface area contributed by atoms with Crippen LogP contribution in [0.25, 0.3) is 4.96 Å². The van der Waals surface area contributed by atoms with E-state index in [2.05, 4.69) is 4.98 Å². The first-order valence-electron chi connectivity index (χ1n) is 6.19. The van der Waals surface area contributed by atoms with Crippen LogP contribution in [0.2, 0.25) is 0 Å². The second-order valence-corrected chi connectivity index (χ2v) is 6.38. The number of rotatable bonds is 3. The Balaban J connectivity index is 1.80. The third kappa shape index (κ3) is 3.17.